The van der Waals surface area contributed by atoms with Gasteiger partial charge in [0.2, 0.25) is 0 Å². The highest BCUT2D eigenvalue weighted by molar-refractivity contribution is 5.68. The lowest BCUT2D eigenvalue weighted by Crippen LogP contribution is -2.39. The first-order valence-corrected chi connectivity index (χ1v) is 6.45. The molecule has 0 saturated carbocycles. The van der Waals surface area contributed by atoms with E-state index in [2.05, 4.69) is 0 Å². The summed E-state index contributed by atoms with van der Waals surface area (Å²) in [5, 5.41) is 0. The summed E-state index contributed by atoms with van der Waals surface area (Å²) in [4.78, 5) is 24.3. The van der Waals surface area contributed by atoms with Gasteiger partial charge in [0.15, 0.2) is 0 Å². The van der Waals surface area contributed by atoms with Crippen LogP contribution in [0, 0.1) is 0 Å². The topological polar surface area (TPSA) is 55.8 Å². The van der Waals surface area contributed by atoms with Gasteiger partial charge in [0.25, 0.3) is 0 Å². The van der Waals surface area contributed by atoms with Crippen molar-refractivity contribution in [1.29, 1.82) is 0 Å². The van der Waals surface area contributed by atoms with Crippen molar-refractivity contribution in [2.75, 3.05) is 13.1 Å². The predicted molar refractivity (Wildman–Crippen MR) is 65.3 cm³/mol. The molecular formula is C13H21NO4. The second-order valence-corrected chi connectivity index (χ2v) is 6.17. The van der Waals surface area contributed by atoms with Crippen LogP contribution in [0.2, 0.25) is 0 Å². The van der Waals surface area contributed by atoms with Crippen molar-refractivity contribution in [3.8, 4) is 0 Å². The van der Waals surface area contributed by atoms with Crippen LogP contribution in [0.15, 0.2) is 0 Å². The lowest BCUT2D eigenvalue weighted by molar-refractivity contribution is -0.121. The number of amides is 1. The minimum atomic E-state index is -0.477. The van der Waals surface area contributed by atoms with Gasteiger partial charge in [0.1, 0.15) is 18.0 Å². The van der Waals surface area contributed by atoms with Gasteiger partial charge in [0.05, 0.1) is 12.1 Å². The van der Waals surface area contributed by atoms with E-state index in [1.165, 1.54) is 0 Å². The van der Waals surface area contributed by atoms with Crippen molar-refractivity contribution in [3.63, 3.8) is 0 Å². The minimum Gasteiger partial charge on any atom is -0.444 e. The fraction of sp³-hybridized carbons (Fsp3) is 0.846. The number of hydrogen-bond acceptors (Lipinski definition) is 4. The summed E-state index contributed by atoms with van der Waals surface area (Å²) >= 11 is 0. The van der Waals surface area contributed by atoms with Gasteiger partial charge in [0, 0.05) is 6.54 Å². The molecule has 2 atom stereocenters. The Balaban J connectivity index is 1.92. The molecule has 5 heteroatoms. The molecule has 102 valence electrons. The average Bonchev–Trinajstić information content (AvgIpc) is 2.84. The summed E-state index contributed by atoms with van der Waals surface area (Å²) in [5.74, 6) is 0. The van der Waals surface area contributed by atoms with Gasteiger partial charge < -0.3 is 19.2 Å². The maximum absolute atomic E-state index is 11.9. The van der Waals surface area contributed by atoms with Crippen LogP contribution < -0.4 is 0 Å². The Hall–Kier alpha value is -1.10. The third kappa shape index (κ3) is 2.83. The Morgan fingerprint density at radius 1 is 1.44 bits per heavy atom. The molecule has 2 rings (SSSR count). The van der Waals surface area contributed by atoms with E-state index < -0.39 is 5.60 Å². The zero-order valence-electron chi connectivity index (χ0n) is 11.3. The van der Waals surface area contributed by atoms with Crippen molar-refractivity contribution < 1.29 is 19.1 Å². The van der Waals surface area contributed by atoms with Crippen molar-refractivity contribution >= 4 is 12.4 Å². The van der Waals surface area contributed by atoms with Crippen LogP contribution in [0.5, 0.6) is 0 Å². The van der Waals surface area contributed by atoms with Crippen LogP contribution in [0.4, 0.5) is 4.79 Å². The molecule has 5 nitrogen and oxygen atoms in total. The van der Waals surface area contributed by atoms with Crippen molar-refractivity contribution in [1.82, 2.24) is 4.90 Å². The van der Waals surface area contributed by atoms with Crippen LogP contribution in [0.1, 0.15) is 40.0 Å². The van der Waals surface area contributed by atoms with Gasteiger partial charge in [-0.15, -0.1) is 0 Å². The minimum absolute atomic E-state index is 0.294. The average molecular weight is 255 g/mol. The number of hydrogen-bond donors (Lipinski definition) is 0. The SMILES string of the molecule is CC(C)(C)OC(=O)N1CCC2(CC[C@@H](C=O)O2)C1. The highest BCUT2D eigenvalue weighted by atomic mass is 16.6. The molecule has 0 radical (unpaired) electrons. The number of likely N-dealkylation sites (tertiary alicyclic amines) is 1. The maximum Gasteiger partial charge on any atom is 0.410 e. The monoisotopic (exact) mass is 255 g/mol. The molecule has 1 unspecified atom stereocenters. The van der Waals surface area contributed by atoms with E-state index >= 15 is 0 Å². The normalized spacial score (nSPS) is 31.9. The van der Waals surface area contributed by atoms with Gasteiger partial charge in [-0.2, -0.15) is 0 Å². The third-order valence-electron chi connectivity index (χ3n) is 3.41. The Morgan fingerprint density at radius 3 is 2.72 bits per heavy atom. The van der Waals surface area contributed by atoms with Gasteiger partial charge in [-0.25, -0.2) is 4.79 Å². The first-order chi connectivity index (χ1) is 8.34. The summed E-state index contributed by atoms with van der Waals surface area (Å²) in [7, 11) is 0. The summed E-state index contributed by atoms with van der Waals surface area (Å²) in [6.45, 7) is 6.73. The molecule has 0 bridgehead atoms. The Labute approximate surface area is 107 Å². The number of carbonyl (C=O) groups is 2. The Kier molecular flexibility index (Phi) is 3.36. The van der Waals surface area contributed by atoms with Crippen LogP contribution in [-0.4, -0.2) is 47.7 Å². The van der Waals surface area contributed by atoms with E-state index in [-0.39, 0.29) is 17.8 Å². The molecule has 0 aromatic rings. The zero-order valence-corrected chi connectivity index (χ0v) is 11.3. The number of ether oxygens (including phenoxy) is 2. The molecule has 2 fully saturated rings. The first-order valence-electron chi connectivity index (χ1n) is 6.45. The van der Waals surface area contributed by atoms with E-state index in [1.54, 1.807) is 4.90 Å². The lowest BCUT2D eigenvalue weighted by atomic mass is 9.99. The van der Waals surface area contributed by atoms with Gasteiger partial charge in [-0.1, -0.05) is 0 Å². The van der Waals surface area contributed by atoms with E-state index in [0.29, 0.717) is 13.1 Å². The summed E-state index contributed by atoms with van der Waals surface area (Å²) < 4.78 is 11.1. The predicted octanol–water partition coefficient (Wildman–Crippen LogP) is 1.74. The largest absolute Gasteiger partial charge is 0.444 e. The quantitative estimate of drug-likeness (QED) is 0.670. The number of carbonyl (C=O) groups excluding carboxylic acids is 2. The molecule has 2 heterocycles. The number of aldehydes is 1. The molecular weight excluding hydrogens is 234 g/mol. The second-order valence-electron chi connectivity index (χ2n) is 6.17. The third-order valence-corrected chi connectivity index (χ3v) is 3.41. The molecule has 0 aromatic heterocycles. The van der Waals surface area contributed by atoms with Crippen LogP contribution in [0.25, 0.3) is 0 Å². The highest BCUT2D eigenvalue weighted by Crippen LogP contribution is 2.37. The summed E-state index contributed by atoms with van der Waals surface area (Å²) in [5.41, 5.74) is -0.794. The van der Waals surface area contributed by atoms with Crippen molar-refractivity contribution in [2.45, 2.75) is 57.3 Å². The van der Waals surface area contributed by atoms with E-state index in [4.69, 9.17) is 9.47 Å². The van der Waals surface area contributed by atoms with Crippen LogP contribution in [0.3, 0.4) is 0 Å². The molecule has 2 aliphatic rings. The van der Waals surface area contributed by atoms with Crippen LogP contribution in [-0.2, 0) is 14.3 Å². The second kappa shape index (κ2) is 4.53. The standard InChI is InChI=1S/C13H21NO4/c1-12(2,3)18-11(16)14-7-6-13(9-14)5-4-10(8-15)17-13/h8,10H,4-7,9H2,1-3H3/t10-,13?/m0/s1. The van der Waals surface area contributed by atoms with E-state index in [0.717, 1.165) is 25.5 Å². The molecule has 1 amide bonds. The van der Waals surface area contributed by atoms with E-state index in [9.17, 15) is 9.59 Å². The smallest absolute Gasteiger partial charge is 0.410 e. The highest BCUT2D eigenvalue weighted by Gasteiger charge is 2.47. The lowest BCUT2D eigenvalue weighted by Gasteiger charge is -2.26. The molecule has 1 spiro atoms. The molecule has 2 aliphatic heterocycles. The fourth-order valence-corrected chi connectivity index (χ4v) is 2.57. The maximum atomic E-state index is 11.9. The van der Waals surface area contributed by atoms with Gasteiger partial charge in [-0.05, 0) is 40.0 Å². The molecule has 18 heavy (non-hydrogen) atoms. The zero-order chi connectivity index (χ0) is 13.4. The summed E-state index contributed by atoms with van der Waals surface area (Å²) in [6.07, 6.45) is 2.64. The summed E-state index contributed by atoms with van der Waals surface area (Å²) in [6, 6.07) is 0. The number of rotatable bonds is 1. The Morgan fingerprint density at radius 2 is 2.17 bits per heavy atom. The Bertz CT molecular complexity index is 349. The molecule has 0 aromatic carbocycles. The van der Waals surface area contributed by atoms with E-state index in [1.807, 2.05) is 20.8 Å². The first kappa shape index (κ1) is 13.3. The fourth-order valence-electron chi connectivity index (χ4n) is 2.57. The van der Waals surface area contributed by atoms with Gasteiger partial charge in [-0.3, -0.25) is 0 Å². The van der Waals surface area contributed by atoms with Crippen molar-refractivity contribution in [2.24, 2.45) is 0 Å². The van der Waals surface area contributed by atoms with Gasteiger partial charge >= 0.3 is 6.09 Å². The van der Waals surface area contributed by atoms with Crippen molar-refractivity contribution in [3.05, 3.63) is 0 Å². The molecule has 0 aliphatic carbocycles. The molecule has 2 saturated heterocycles. The number of nitrogens with zero attached hydrogens (tertiary/aromatic N) is 1. The van der Waals surface area contributed by atoms with Crippen LogP contribution >= 0.6 is 0 Å². The molecule has 0 N–H and O–H groups in total.